The van der Waals surface area contributed by atoms with Crippen LogP contribution in [0, 0.1) is 5.92 Å². The van der Waals surface area contributed by atoms with Gasteiger partial charge in [0.1, 0.15) is 0 Å². The summed E-state index contributed by atoms with van der Waals surface area (Å²) < 4.78 is 0.613. The van der Waals surface area contributed by atoms with Gasteiger partial charge < -0.3 is 9.90 Å². The summed E-state index contributed by atoms with van der Waals surface area (Å²) in [5.74, 6) is -2.68. The Morgan fingerprint density at radius 3 is 2.45 bits per heavy atom. The molecule has 0 aromatic heterocycles. The summed E-state index contributed by atoms with van der Waals surface area (Å²) >= 11 is 3.24. The third-order valence-corrected chi connectivity index (χ3v) is 3.82. The van der Waals surface area contributed by atoms with E-state index in [1.807, 2.05) is 6.92 Å². The summed E-state index contributed by atoms with van der Waals surface area (Å²) in [6.45, 7) is 1.87. The lowest BCUT2D eigenvalue weighted by Crippen LogP contribution is -2.42. The van der Waals surface area contributed by atoms with E-state index in [-0.39, 0.29) is 12.8 Å². The third-order valence-electron chi connectivity index (χ3n) is 3.12. The van der Waals surface area contributed by atoms with Crippen LogP contribution in [0.2, 0.25) is 0 Å². The first-order valence-corrected chi connectivity index (χ1v) is 7.79. The summed E-state index contributed by atoms with van der Waals surface area (Å²) in [7, 11) is 0. The maximum atomic E-state index is 11.9. The number of aliphatic carboxylic acids is 1. The summed E-state index contributed by atoms with van der Waals surface area (Å²) in [5, 5.41) is 10.9. The zero-order valence-electron chi connectivity index (χ0n) is 12.2. The highest BCUT2D eigenvalue weighted by atomic mass is 79.9. The van der Waals surface area contributed by atoms with E-state index < -0.39 is 23.7 Å². The van der Waals surface area contributed by atoms with E-state index >= 15 is 0 Å². The molecule has 0 bridgehead atoms. The first-order valence-electron chi connectivity index (χ1n) is 7.00. The number of carboxylic acids is 1. The molecule has 22 heavy (non-hydrogen) atoms. The number of carbonyl (C=O) groups is 3. The summed E-state index contributed by atoms with van der Waals surface area (Å²) in [5.41, 5.74) is 4.96. The minimum atomic E-state index is -1.15. The van der Waals surface area contributed by atoms with Gasteiger partial charge in [-0.15, -0.1) is 0 Å². The minimum Gasteiger partial charge on any atom is -0.550 e. The van der Waals surface area contributed by atoms with Gasteiger partial charge in [-0.1, -0.05) is 25.5 Å². The monoisotopic (exact) mass is 369 g/mol. The molecule has 1 rings (SSSR count). The molecule has 0 saturated carbocycles. The molecule has 2 amide bonds. The van der Waals surface area contributed by atoms with E-state index in [1.165, 1.54) is 0 Å². The standard InChI is InChI=1S/C15H19BrN2O4/c1-2-5-10(15(21)22)8-9-13(19)17-18-14(20)11-6-3-4-7-12(11)16/h3-4,6-7,10H,2,5,8-9H2,1H3,(H,17,19)(H,18,20)(H,21,22)/p-1/t10-/m1/s1. The molecule has 0 aliphatic rings. The van der Waals surface area contributed by atoms with Crippen LogP contribution in [-0.2, 0) is 9.59 Å². The lowest BCUT2D eigenvalue weighted by Gasteiger charge is -2.16. The van der Waals surface area contributed by atoms with Crippen molar-refractivity contribution < 1.29 is 19.5 Å². The van der Waals surface area contributed by atoms with Crippen molar-refractivity contribution in [1.29, 1.82) is 0 Å². The number of carboxylic acid groups (broad SMARTS) is 1. The quantitative estimate of drug-likeness (QED) is 0.704. The van der Waals surface area contributed by atoms with Crippen LogP contribution >= 0.6 is 15.9 Å². The van der Waals surface area contributed by atoms with Gasteiger partial charge in [0.05, 0.1) is 5.56 Å². The fourth-order valence-corrected chi connectivity index (χ4v) is 2.40. The number of amides is 2. The highest BCUT2D eigenvalue weighted by molar-refractivity contribution is 9.10. The van der Waals surface area contributed by atoms with Crippen molar-refractivity contribution in [3.8, 4) is 0 Å². The van der Waals surface area contributed by atoms with Gasteiger partial charge >= 0.3 is 0 Å². The van der Waals surface area contributed by atoms with Crippen molar-refractivity contribution >= 4 is 33.7 Å². The molecule has 1 aromatic carbocycles. The topological polar surface area (TPSA) is 98.3 Å². The van der Waals surface area contributed by atoms with Gasteiger partial charge in [-0.25, -0.2) is 0 Å². The van der Waals surface area contributed by atoms with Crippen molar-refractivity contribution in [2.24, 2.45) is 5.92 Å². The van der Waals surface area contributed by atoms with E-state index in [4.69, 9.17) is 0 Å². The van der Waals surface area contributed by atoms with Crippen LogP contribution in [0.25, 0.3) is 0 Å². The number of halogens is 1. The molecule has 1 atom stereocenters. The first-order chi connectivity index (χ1) is 10.5. The normalized spacial score (nSPS) is 11.5. The van der Waals surface area contributed by atoms with E-state index in [0.717, 1.165) is 0 Å². The summed E-state index contributed by atoms with van der Waals surface area (Å²) in [6, 6.07) is 6.80. The van der Waals surface area contributed by atoms with Gasteiger partial charge in [-0.05, 0) is 46.8 Å². The molecular formula is C15H18BrN2O4-. The van der Waals surface area contributed by atoms with E-state index in [2.05, 4.69) is 26.8 Å². The molecule has 7 heteroatoms. The molecule has 120 valence electrons. The Bertz CT molecular complexity index is 548. The van der Waals surface area contributed by atoms with Gasteiger partial charge in [-0.3, -0.25) is 20.4 Å². The Labute approximate surface area is 137 Å². The Hall–Kier alpha value is -1.89. The van der Waals surface area contributed by atoms with Crippen LogP contribution in [0.5, 0.6) is 0 Å². The lowest BCUT2D eigenvalue weighted by molar-refractivity contribution is -0.312. The van der Waals surface area contributed by atoms with Gasteiger partial charge in [0.15, 0.2) is 0 Å². The average Bonchev–Trinajstić information content (AvgIpc) is 2.49. The number of nitrogens with one attached hydrogen (secondary N) is 2. The zero-order valence-corrected chi connectivity index (χ0v) is 13.8. The fourth-order valence-electron chi connectivity index (χ4n) is 1.94. The highest BCUT2D eigenvalue weighted by Gasteiger charge is 2.13. The molecule has 0 radical (unpaired) electrons. The molecule has 0 aliphatic heterocycles. The van der Waals surface area contributed by atoms with Crippen LogP contribution in [0.3, 0.4) is 0 Å². The number of rotatable bonds is 7. The number of benzene rings is 1. The molecule has 0 heterocycles. The Kier molecular flexibility index (Phi) is 7.59. The molecular weight excluding hydrogens is 352 g/mol. The number of hydrogen-bond acceptors (Lipinski definition) is 4. The van der Waals surface area contributed by atoms with Crippen molar-refractivity contribution in [3.63, 3.8) is 0 Å². The van der Waals surface area contributed by atoms with Crippen molar-refractivity contribution in [2.45, 2.75) is 32.6 Å². The smallest absolute Gasteiger partial charge is 0.270 e. The second-order valence-corrected chi connectivity index (χ2v) is 5.68. The number of hydrogen-bond donors (Lipinski definition) is 2. The zero-order chi connectivity index (χ0) is 16.5. The van der Waals surface area contributed by atoms with Gasteiger partial charge in [0, 0.05) is 16.9 Å². The van der Waals surface area contributed by atoms with Crippen LogP contribution < -0.4 is 16.0 Å². The average molecular weight is 370 g/mol. The Morgan fingerprint density at radius 1 is 1.18 bits per heavy atom. The summed E-state index contributed by atoms with van der Waals surface area (Å²) in [4.78, 5) is 34.4. The maximum Gasteiger partial charge on any atom is 0.270 e. The Balaban J connectivity index is 2.41. The molecule has 6 nitrogen and oxygen atoms in total. The van der Waals surface area contributed by atoms with Crippen molar-refractivity contribution in [3.05, 3.63) is 34.3 Å². The largest absolute Gasteiger partial charge is 0.550 e. The lowest BCUT2D eigenvalue weighted by atomic mass is 9.98. The minimum absolute atomic E-state index is 0.00882. The second kappa shape index (κ2) is 9.19. The second-order valence-electron chi connectivity index (χ2n) is 4.83. The molecule has 2 N–H and O–H groups in total. The van der Waals surface area contributed by atoms with Crippen LogP contribution in [0.15, 0.2) is 28.7 Å². The van der Waals surface area contributed by atoms with E-state index in [9.17, 15) is 19.5 Å². The maximum absolute atomic E-state index is 11.9. The Morgan fingerprint density at radius 2 is 1.86 bits per heavy atom. The van der Waals surface area contributed by atoms with Gasteiger partial charge in [0.2, 0.25) is 5.91 Å². The third kappa shape index (κ3) is 5.85. The van der Waals surface area contributed by atoms with Crippen molar-refractivity contribution in [1.82, 2.24) is 10.9 Å². The number of hydrazine groups is 1. The molecule has 0 spiro atoms. The molecule has 0 aliphatic carbocycles. The molecule has 0 unspecified atom stereocenters. The predicted octanol–water partition coefficient (Wildman–Crippen LogP) is 1.16. The van der Waals surface area contributed by atoms with Crippen LogP contribution in [0.4, 0.5) is 0 Å². The fraction of sp³-hybridized carbons (Fsp3) is 0.400. The van der Waals surface area contributed by atoms with E-state index in [1.54, 1.807) is 24.3 Å². The molecule has 1 aromatic rings. The highest BCUT2D eigenvalue weighted by Crippen LogP contribution is 2.15. The van der Waals surface area contributed by atoms with Crippen LogP contribution in [-0.4, -0.2) is 17.8 Å². The number of carbonyl (C=O) groups excluding carboxylic acids is 3. The first kappa shape index (κ1) is 18.2. The molecule has 0 saturated heterocycles. The molecule has 0 fully saturated rings. The SMILES string of the molecule is CCC[C@H](CCC(=O)NNC(=O)c1ccccc1Br)C(=O)[O-]. The van der Waals surface area contributed by atoms with E-state index in [0.29, 0.717) is 22.9 Å². The van der Waals surface area contributed by atoms with Crippen LogP contribution in [0.1, 0.15) is 43.0 Å². The predicted molar refractivity (Wildman–Crippen MR) is 82.4 cm³/mol. The summed E-state index contributed by atoms with van der Waals surface area (Å²) in [6.07, 6.45) is 1.37. The van der Waals surface area contributed by atoms with Gasteiger partial charge in [-0.2, -0.15) is 0 Å². The van der Waals surface area contributed by atoms with Gasteiger partial charge in [0.25, 0.3) is 5.91 Å². The van der Waals surface area contributed by atoms with Crippen molar-refractivity contribution in [2.75, 3.05) is 0 Å².